The average molecular weight is 614 g/mol. The van der Waals surface area contributed by atoms with Gasteiger partial charge in [-0.25, -0.2) is 9.37 Å². The van der Waals surface area contributed by atoms with Crippen molar-refractivity contribution in [1.29, 1.82) is 0 Å². The molecule has 0 aliphatic carbocycles. The number of halogens is 2. The van der Waals surface area contributed by atoms with Gasteiger partial charge in [-0.15, -0.1) is 0 Å². The molecule has 3 rings (SSSR count). The third-order valence-electron chi connectivity index (χ3n) is 6.87. The van der Waals surface area contributed by atoms with Gasteiger partial charge in [0.05, 0.1) is 18.5 Å². The van der Waals surface area contributed by atoms with Gasteiger partial charge in [-0.05, 0) is 81.0 Å². The van der Waals surface area contributed by atoms with Gasteiger partial charge in [-0.3, -0.25) is 9.78 Å². The van der Waals surface area contributed by atoms with E-state index in [-0.39, 0.29) is 11.6 Å². The van der Waals surface area contributed by atoms with E-state index in [4.69, 9.17) is 4.74 Å². The van der Waals surface area contributed by atoms with Crippen LogP contribution in [-0.2, 0) is 6.54 Å². The fraction of sp³-hybridized carbons (Fsp3) is 0.541. The number of Topliss-reactive ketones (excluding diaryl/α,β-unsaturated/α-hetero) is 1. The molecule has 0 N–H and O–H groups in total. The van der Waals surface area contributed by atoms with E-state index < -0.39 is 5.95 Å². The minimum Gasteiger partial charge on any atom is -0.497 e. The molecule has 0 aliphatic rings. The summed E-state index contributed by atoms with van der Waals surface area (Å²) in [7, 11) is 1.54. The number of benzene rings is 1. The van der Waals surface area contributed by atoms with E-state index in [2.05, 4.69) is 63.3 Å². The van der Waals surface area contributed by atoms with E-state index >= 15 is 0 Å². The Bertz CT molecular complexity index is 1210. The van der Waals surface area contributed by atoms with Crippen LogP contribution >= 0.6 is 0 Å². The number of nitrogens with zero attached hydrogens (tertiary/aromatic N) is 3. The third-order valence-corrected chi connectivity index (χ3v) is 6.87. The van der Waals surface area contributed by atoms with E-state index in [1.54, 1.807) is 39.3 Å². The number of pyridine rings is 2. The monoisotopic (exact) mass is 613 g/mol. The van der Waals surface area contributed by atoms with Crippen LogP contribution < -0.4 is 9.64 Å². The summed E-state index contributed by atoms with van der Waals surface area (Å²) in [4.78, 5) is 20.9. The lowest BCUT2D eigenvalue weighted by Gasteiger charge is -2.26. The molecular weight excluding hydrogens is 556 g/mol. The van der Waals surface area contributed by atoms with Crippen molar-refractivity contribution in [2.24, 2.45) is 5.92 Å². The smallest absolute Gasteiger partial charge is 0.213 e. The summed E-state index contributed by atoms with van der Waals surface area (Å²) in [5.74, 6) is 0.578. The fourth-order valence-corrected chi connectivity index (χ4v) is 4.27. The molecule has 7 heteroatoms. The van der Waals surface area contributed by atoms with E-state index in [0.29, 0.717) is 34.8 Å². The number of unbranched alkanes of at least 4 members (excludes halogenated alkanes) is 2. The van der Waals surface area contributed by atoms with Crippen LogP contribution in [0, 0.1) is 38.5 Å². The highest BCUT2D eigenvalue weighted by Gasteiger charge is 2.14. The largest absolute Gasteiger partial charge is 0.497 e. The van der Waals surface area contributed by atoms with Crippen LogP contribution in [0.2, 0.25) is 0 Å². The Morgan fingerprint density at radius 1 is 0.932 bits per heavy atom. The molecule has 0 saturated carbocycles. The van der Waals surface area contributed by atoms with E-state index in [1.165, 1.54) is 50.3 Å². The highest BCUT2D eigenvalue weighted by Crippen LogP contribution is 2.26. The molecule has 44 heavy (non-hydrogen) atoms. The maximum Gasteiger partial charge on any atom is 0.213 e. The highest BCUT2D eigenvalue weighted by molar-refractivity contribution is 5.96. The normalized spacial score (nSPS) is 10.0. The molecule has 1 aromatic carbocycles. The zero-order valence-corrected chi connectivity index (χ0v) is 29.2. The van der Waals surface area contributed by atoms with Gasteiger partial charge in [0.25, 0.3) is 0 Å². The minimum atomic E-state index is -0.532. The molecule has 0 aliphatic heterocycles. The van der Waals surface area contributed by atoms with Crippen LogP contribution in [0.3, 0.4) is 0 Å². The predicted molar refractivity (Wildman–Crippen MR) is 182 cm³/mol. The number of hydrogen-bond donors (Lipinski definition) is 0. The van der Waals surface area contributed by atoms with Gasteiger partial charge in [0.2, 0.25) is 5.95 Å². The summed E-state index contributed by atoms with van der Waals surface area (Å²) in [6.45, 7) is 21.5. The van der Waals surface area contributed by atoms with Crippen LogP contribution in [0.15, 0.2) is 42.7 Å². The Morgan fingerprint density at radius 3 is 2.02 bits per heavy atom. The molecule has 0 atom stereocenters. The molecule has 246 valence electrons. The summed E-state index contributed by atoms with van der Waals surface area (Å²) >= 11 is 0. The first-order chi connectivity index (χ1) is 20.9. The Hall–Kier alpha value is -3.35. The lowest BCUT2D eigenvalue weighted by Crippen LogP contribution is -2.25. The van der Waals surface area contributed by atoms with Crippen molar-refractivity contribution in [3.05, 3.63) is 82.4 Å². The molecule has 0 amide bonds. The molecule has 0 unspecified atom stereocenters. The van der Waals surface area contributed by atoms with Crippen LogP contribution in [0.5, 0.6) is 5.75 Å². The second kappa shape index (κ2) is 23.1. The number of aryl methyl sites for hydroxylation is 3. The molecule has 0 spiro atoms. The van der Waals surface area contributed by atoms with Crippen LogP contribution in [-0.4, -0.2) is 29.4 Å². The number of ether oxygens (including phenoxy) is 1. The molecule has 3 aromatic rings. The second-order valence-electron chi connectivity index (χ2n) is 11.4. The Kier molecular flexibility index (Phi) is 21.3. The van der Waals surface area contributed by atoms with E-state index in [1.807, 2.05) is 12.3 Å². The minimum absolute atomic E-state index is 0.0718. The van der Waals surface area contributed by atoms with E-state index in [0.717, 1.165) is 30.9 Å². The molecule has 5 nitrogen and oxygen atoms in total. The van der Waals surface area contributed by atoms with Gasteiger partial charge in [0, 0.05) is 37.1 Å². The number of rotatable bonds is 11. The second-order valence-corrected chi connectivity index (χ2v) is 11.4. The highest BCUT2D eigenvalue weighted by atomic mass is 19.1. The molecule has 2 aromatic heterocycles. The fourth-order valence-electron chi connectivity index (χ4n) is 4.27. The summed E-state index contributed by atoms with van der Waals surface area (Å²) < 4.78 is 32.1. The topological polar surface area (TPSA) is 55.3 Å². The van der Waals surface area contributed by atoms with Crippen LogP contribution in [0.4, 0.5) is 14.5 Å². The molecule has 0 saturated heterocycles. The van der Waals surface area contributed by atoms with Crippen molar-refractivity contribution in [2.45, 2.75) is 114 Å². The molecular formula is C37H57F2N3O2. The van der Waals surface area contributed by atoms with Crippen LogP contribution in [0.25, 0.3) is 0 Å². The van der Waals surface area contributed by atoms with Gasteiger partial charge < -0.3 is 9.64 Å². The van der Waals surface area contributed by atoms with E-state index in [9.17, 15) is 13.6 Å². The number of anilines is 1. The van der Waals surface area contributed by atoms with Crippen molar-refractivity contribution in [1.82, 2.24) is 9.97 Å². The molecule has 0 radical (unpaired) electrons. The average Bonchev–Trinajstić information content (AvgIpc) is 2.96. The van der Waals surface area contributed by atoms with Gasteiger partial charge in [0.15, 0.2) is 5.78 Å². The zero-order valence-electron chi connectivity index (χ0n) is 29.2. The summed E-state index contributed by atoms with van der Waals surface area (Å²) in [5.41, 5.74) is 4.53. The summed E-state index contributed by atoms with van der Waals surface area (Å²) in [6, 6.07) is 8.27. The Balaban J connectivity index is 0.000000700. The first-order valence-electron chi connectivity index (χ1n) is 16.0. The van der Waals surface area contributed by atoms with Crippen molar-refractivity contribution in [2.75, 3.05) is 18.6 Å². The number of ketones is 1. The third kappa shape index (κ3) is 15.9. The van der Waals surface area contributed by atoms with Gasteiger partial charge in [-0.2, -0.15) is 4.39 Å². The number of carbonyl (C=O) groups excluding carboxylic acids is 1. The molecule has 2 heterocycles. The zero-order chi connectivity index (χ0) is 33.7. The van der Waals surface area contributed by atoms with Gasteiger partial charge >= 0.3 is 0 Å². The number of aromatic nitrogens is 2. The Morgan fingerprint density at radius 2 is 1.59 bits per heavy atom. The van der Waals surface area contributed by atoms with Crippen molar-refractivity contribution in [3.8, 4) is 5.75 Å². The molecule has 0 fully saturated rings. The molecule has 0 bridgehead atoms. The lowest BCUT2D eigenvalue weighted by molar-refractivity contribution is 0.101. The maximum absolute atomic E-state index is 14.4. The maximum atomic E-state index is 14.4. The standard InChI is InChI=1S/C18H23FN2O.C9H10FNO.C6H14.C4H10/c1-4-5-10-21(13-15-12-20-9-8-14(15)2)18-7-6-16(22-3)11-17(18)19;1-5-4-8(10)11-6(2)9(5)7(3)12;1-4-5-6(2)3;1-3-4-2/h6-9,11-12H,4-5,10,13H2,1-3H3;4H,1-3H3;6H,4-5H2,1-3H3;3-4H2,1-2H3. The predicted octanol–water partition coefficient (Wildman–Crippen LogP) is 10.6. The van der Waals surface area contributed by atoms with Crippen LogP contribution in [0.1, 0.15) is 120 Å². The quantitative estimate of drug-likeness (QED) is 0.159. The number of hydrogen-bond acceptors (Lipinski definition) is 5. The summed E-state index contributed by atoms with van der Waals surface area (Å²) in [6.07, 6.45) is 11.1. The lowest BCUT2D eigenvalue weighted by atomic mass is 10.1. The first-order valence-corrected chi connectivity index (χ1v) is 16.0. The summed E-state index contributed by atoms with van der Waals surface area (Å²) in [5, 5.41) is 0. The SMILES string of the molecule is CC(=O)c1c(C)cc(F)nc1C.CCCC.CCCC(C)C.CCCCN(Cc1cnccc1C)c1ccc(OC)cc1F. The van der Waals surface area contributed by atoms with Gasteiger partial charge in [0.1, 0.15) is 11.6 Å². The van der Waals surface area contributed by atoms with Crippen molar-refractivity contribution in [3.63, 3.8) is 0 Å². The van der Waals surface area contributed by atoms with Crippen molar-refractivity contribution < 1.29 is 18.3 Å². The Labute approximate surface area is 266 Å². The number of carbonyl (C=O) groups is 1. The first kappa shape index (κ1) is 40.6. The number of methoxy groups -OCH3 is 1. The van der Waals surface area contributed by atoms with Gasteiger partial charge in [-0.1, -0.05) is 73.6 Å². The van der Waals surface area contributed by atoms with Crippen molar-refractivity contribution >= 4 is 11.5 Å².